The van der Waals surface area contributed by atoms with Gasteiger partial charge in [-0.15, -0.1) is 0 Å². The predicted octanol–water partition coefficient (Wildman–Crippen LogP) is 3.89. The first-order valence-corrected chi connectivity index (χ1v) is 4.71. The highest BCUT2D eigenvalue weighted by molar-refractivity contribution is 5.79. The molecule has 0 aliphatic rings. The Bertz CT molecular complexity index is 215. The number of hydrogen-bond acceptors (Lipinski definition) is 1. The maximum atomic E-state index is 4.13. The van der Waals surface area contributed by atoms with Crippen LogP contribution in [0.25, 0.3) is 0 Å². The van der Waals surface area contributed by atoms with Crippen LogP contribution in [0.3, 0.4) is 0 Å². The van der Waals surface area contributed by atoms with Crippen molar-refractivity contribution in [3.8, 4) is 0 Å². The predicted molar refractivity (Wildman–Crippen MR) is 61.1 cm³/mol. The van der Waals surface area contributed by atoms with Crippen molar-refractivity contribution in [3.05, 3.63) is 36.6 Å². The smallest absolute Gasteiger partial charge is 0.0266 e. The van der Waals surface area contributed by atoms with E-state index in [1.54, 1.807) is 0 Å². The van der Waals surface area contributed by atoms with Gasteiger partial charge in [-0.3, -0.25) is 4.99 Å². The second-order valence-electron chi connectivity index (χ2n) is 2.99. The van der Waals surface area contributed by atoms with Gasteiger partial charge in [0.25, 0.3) is 0 Å². The molecule has 0 aliphatic carbocycles. The van der Waals surface area contributed by atoms with E-state index in [4.69, 9.17) is 0 Å². The van der Waals surface area contributed by atoms with Crippen molar-refractivity contribution in [1.29, 1.82) is 0 Å². The van der Waals surface area contributed by atoms with E-state index < -0.39 is 0 Å². The maximum absolute atomic E-state index is 4.13. The van der Waals surface area contributed by atoms with Crippen LogP contribution in [0.5, 0.6) is 0 Å². The van der Waals surface area contributed by atoms with Gasteiger partial charge in [-0.05, 0) is 39.7 Å². The molecular weight excluding hydrogens is 158 g/mol. The Morgan fingerprint density at radius 2 is 1.77 bits per heavy atom. The molecule has 0 aliphatic heterocycles. The zero-order valence-corrected chi connectivity index (χ0v) is 8.83. The summed E-state index contributed by atoms with van der Waals surface area (Å²) in [6, 6.07) is 0. The van der Waals surface area contributed by atoms with Crippen LogP contribution in [0.4, 0.5) is 0 Å². The fourth-order valence-electron chi connectivity index (χ4n) is 0.776. The largest absolute Gasteiger partial charge is 0.266 e. The Kier molecular flexibility index (Phi) is 8.21. The Hall–Kier alpha value is -1.11. The Balaban J connectivity index is 3.51. The molecule has 0 aromatic carbocycles. The summed E-state index contributed by atoms with van der Waals surface area (Å²) in [5, 5.41) is 0. The summed E-state index contributed by atoms with van der Waals surface area (Å²) in [5.41, 5.74) is 1.08. The Morgan fingerprint density at radius 1 is 1.08 bits per heavy atom. The van der Waals surface area contributed by atoms with Crippen molar-refractivity contribution < 1.29 is 0 Å². The fraction of sp³-hybridized carbons (Fsp3) is 0.417. The highest BCUT2D eigenvalue weighted by Gasteiger charge is 1.73. The topological polar surface area (TPSA) is 12.4 Å². The minimum Gasteiger partial charge on any atom is -0.266 e. The number of allylic oxidation sites excluding steroid dienone is 5. The third kappa shape index (κ3) is 10.9. The summed E-state index contributed by atoms with van der Waals surface area (Å²) in [6.45, 7) is 6.02. The quantitative estimate of drug-likeness (QED) is 0.261. The van der Waals surface area contributed by atoms with E-state index in [0.29, 0.717) is 0 Å². The Morgan fingerprint density at radius 3 is 2.38 bits per heavy atom. The van der Waals surface area contributed by atoms with Crippen LogP contribution in [0.1, 0.15) is 33.6 Å². The van der Waals surface area contributed by atoms with Gasteiger partial charge in [0.15, 0.2) is 0 Å². The lowest BCUT2D eigenvalue weighted by molar-refractivity contribution is 1.05. The first-order valence-electron chi connectivity index (χ1n) is 4.71. The van der Waals surface area contributed by atoms with Crippen molar-refractivity contribution in [3.63, 3.8) is 0 Å². The van der Waals surface area contributed by atoms with E-state index in [1.165, 1.54) is 0 Å². The van der Waals surface area contributed by atoms with Gasteiger partial charge in [-0.1, -0.05) is 24.3 Å². The van der Waals surface area contributed by atoms with E-state index in [9.17, 15) is 0 Å². The lowest BCUT2D eigenvalue weighted by atomic mass is 10.3. The minimum absolute atomic E-state index is 1.08. The number of rotatable bonds is 5. The highest BCUT2D eigenvalue weighted by Crippen LogP contribution is 1.92. The van der Waals surface area contributed by atoms with Crippen molar-refractivity contribution in [2.75, 3.05) is 0 Å². The fourth-order valence-corrected chi connectivity index (χ4v) is 0.776. The van der Waals surface area contributed by atoms with Gasteiger partial charge in [0.2, 0.25) is 0 Å². The molecule has 0 spiro atoms. The second-order valence-corrected chi connectivity index (χ2v) is 2.99. The SMILES string of the molecule is CC=CCCC=C/C=C\N=C(C)C. The van der Waals surface area contributed by atoms with Crippen LogP contribution >= 0.6 is 0 Å². The van der Waals surface area contributed by atoms with Crippen LogP contribution in [0, 0.1) is 0 Å². The van der Waals surface area contributed by atoms with Crippen molar-refractivity contribution >= 4 is 5.71 Å². The molecule has 1 heteroatoms. The lowest BCUT2D eigenvalue weighted by Crippen LogP contribution is -1.74. The highest BCUT2D eigenvalue weighted by atomic mass is 14.7. The van der Waals surface area contributed by atoms with Crippen LogP contribution in [-0.4, -0.2) is 5.71 Å². The van der Waals surface area contributed by atoms with Crippen molar-refractivity contribution in [2.45, 2.75) is 33.6 Å². The van der Waals surface area contributed by atoms with E-state index in [2.05, 4.69) is 23.2 Å². The molecule has 0 fully saturated rings. The molecule has 0 unspecified atom stereocenters. The monoisotopic (exact) mass is 177 g/mol. The zero-order chi connectivity index (χ0) is 9.94. The van der Waals surface area contributed by atoms with Crippen LogP contribution in [-0.2, 0) is 0 Å². The molecule has 72 valence electrons. The van der Waals surface area contributed by atoms with Gasteiger partial charge >= 0.3 is 0 Å². The molecule has 0 amide bonds. The summed E-state index contributed by atoms with van der Waals surface area (Å²) in [5.74, 6) is 0. The summed E-state index contributed by atoms with van der Waals surface area (Å²) in [7, 11) is 0. The zero-order valence-electron chi connectivity index (χ0n) is 8.83. The molecule has 0 aromatic heterocycles. The molecular formula is C12H19N. The molecule has 0 saturated heterocycles. The third-order valence-electron chi connectivity index (χ3n) is 1.40. The Labute approximate surface area is 81.6 Å². The first kappa shape index (κ1) is 11.9. The van der Waals surface area contributed by atoms with Crippen LogP contribution < -0.4 is 0 Å². The average Bonchev–Trinajstić information content (AvgIpc) is 2.09. The van der Waals surface area contributed by atoms with Gasteiger partial charge in [-0.2, -0.15) is 0 Å². The summed E-state index contributed by atoms with van der Waals surface area (Å²) >= 11 is 0. The summed E-state index contributed by atoms with van der Waals surface area (Å²) in [4.78, 5) is 4.13. The lowest BCUT2D eigenvalue weighted by Gasteiger charge is -1.83. The van der Waals surface area contributed by atoms with E-state index >= 15 is 0 Å². The summed E-state index contributed by atoms with van der Waals surface area (Å²) in [6.07, 6.45) is 14.4. The molecule has 0 bridgehead atoms. The molecule has 0 N–H and O–H groups in total. The third-order valence-corrected chi connectivity index (χ3v) is 1.40. The van der Waals surface area contributed by atoms with Gasteiger partial charge in [0, 0.05) is 11.9 Å². The molecule has 0 radical (unpaired) electrons. The second kappa shape index (κ2) is 8.98. The standard InChI is InChI=1S/C12H19N/c1-4-5-6-7-8-9-10-11-13-12(2)3/h4-5,8-11H,6-7H2,1-3H3/b5-4?,9-8?,11-10-. The molecule has 0 aromatic rings. The van der Waals surface area contributed by atoms with Crippen LogP contribution in [0.15, 0.2) is 41.6 Å². The molecule has 0 heterocycles. The maximum Gasteiger partial charge on any atom is 0.0266 e. The molecule has 1 nitrogen and oxygen atoms in total. The van der Waals surface area contributed by atoms with Crippen LogP contribution in [0.2, 0.25) is 0 Å². The van der Waals surface area contributed by atoms with E-state index in [1.807, 2.05) is 39.1 Å². The normalized spacial score (nSPS) is 11.9. The number of hydrogen-bond donors (Lipinski definition) is 0. The molecule has 0 rings (SSSR count). The van der Waals surface area contributed by atoms with E-state index in [0.717, 1.165) is 18.6 Å². The van der Waals surface area contributed by atoms with Crippen molar-refractivity contribution in [1.82, 2.24) is 0 Å². The van der Waals surface area contributed by atoms with Gasteiger partial charge in [0.05, 0.1) is 0 Å². The molecule has 0 saturated carbocycles. The van der Waals surface area contributed by atoms with Gasteiger partial charge in [-0.25, -0.2) is 0 Å². The number of aliphatic imine (C=N–C) groups is 1. The van der Waals surface area contributed by atoms with Crippen molar-refractivity contribution in [2.24, 2.45) is 4.99 Å². The van der Waals surface area contributed by atoms with Gasteiger partial charge in [0.1, 0.15) is 0 Å². The number of nitrogens with zero attached hydrogens (tertiary/aromatic N) is 1. The van der Waals surface area contributed by atoms with E-state index in [-0.39, 0.29) is 0 Å². The molecule has 0 atom stereocenters. The summed E-state index contributed by atoms with van der Waals surface area (Å²) < 4.78 is 0. The minimum atomic E-state index is 1.08. The van der Waals surface area contributed by atoms with Gasteiger partial charge < -0.3 is 0 Å². The average molecular weight is 177 g/mol. The molecule has 13 heavy (non-hydrogen) atoms. The number of unbranched alkanes of at least 4 members (excludes halogenated alkanes) is 1. The first-order chi connectivity index (χ1) is 6.27.